The number of hydrogen-bond donors (Lipinski definition) is 1. The molecule has 1 aliphatic rings. The molecule has 0 saturated carbocycles. The molecule has 1 aromatic rings. The van der Waals surface area contributed by atoms with Crippen LogP contribution in [0.5, 0.6) is 0 Å². The second-order valence-corrected chi connectivity index (χ2v) is 5.34. The third kappa shape index (κ3) is 4.01. The van der Waals surface area contributed by atoms with Crippen LogP contribution < -0.4 is 5.32 Å². The number of nitrogens with one attached hydrogen (secondary N) is 1. The highest BCUT2D eigenvalue weighted by Gasteiger charge is 2.23. The lowest BCUT2D eigenvalue weighted by Crippen LogP contribution is -2.43. The summed E-state index contributed by atoms with van der Waals surface area (Å²) in [7, 11) is 1.89. The van der Waals surface area contributed by atoms with Gasteiger partial charge in [-0.15, -0.1) is 0 Å². The Hall–Kier alpha value is -0.970. The SMILES string of the molecule is CCOC1CCCN(CC(NC)c2ccccc2F)C1. The second-order valence-electron chi connectivity index (χ2n) is 5.34. The molecule has 0 aromatic heterocycles. The van der Waals surface area contributed by atoms with Gasteiger partial charge in [0.15, 0.2) is 0 Å². The third-order valence-corrected chi connectivity index (χ3v) is 3.93. The molecule has 3 nitrogen and oxygen atoms in total. The first-order chi connectivity index (χ1) is 9.74. The van der Waals surface area contributed by atoms with E-state index in [1.165, 1.54) is 6.07 Å². The van der Waals surface area contributed by atoms with Crippen LogP contribution >= 0.6 is 0 Å². The fourth-order valence-electron chi connectivity index (χ4n) is 2.91. The Morgan fingerprint density at radius 2 is 2.25 bits per heavy atom. The van der Waals surface area contributed by atoms with Crippen LogP contribution in [0.1, 0.15) is 31.4 Å². The zero-order valence-corrected chi connectivity index (χ0v) is 12.4. The van der Waals surface area contributed by atoms with Crippen LogP contribution in [0, 0.1) is 5.82 Å². The fourth-order valence-corrected chi connectivity index (χ4v) is 2.91. The van der Waals surface area contributed by atoms with Crippen LogP contribution in [0.3, 0.4) is 0 Å². The normalized spacial score (nSPS) is 21.9. The molecule has 2 unspecified atom stereocenters. The Morgan fingerprint density at radius 1 is 1.45 bits per heavy atom. The maximum atomic E-state index is 13.9. The molecule has 112 valence electrons. The molecule has 20 heavy (non-hydrogen) atoms. The molecule has 2 rings (SSSR count). The van der Waals surface area contributed by atoms with Gasteiger partial charge in [-0.1, -0.05) is 18.2 Å². The van der Waals surface area contributed by atoms with Gasteiger partial charge in [-0.25, -0.2) is 4.39 Å². The number of piperidine rings is 1. The van der Waals surface area contributed by atoms with Crippen LogP contribution in [-0.4, -0.2) is 44.3 Å². The van der Waals surface area contributed by atoms with Crippen molar-refractivity contribution in [3.63, 3.8) is 0 Å². The van der Waals surface area contributed by atoms with Crippen molar-refractivity contribution in [1.29, 1.82) is 0 Å². The van der Waals surface area contributed by atoms with E-state index in [4.69, 9.17) is 4.74 Å². The zero-order chi connectivity index (χ0) is 14.4. The maximum Gasteiger partial charge on any atom is 0.128 e. The molecule has 2 atom stereocenters. The van der Waals surface area contributed by atoms with Crippen LogP contribution in [0.4, 0.5) is 4.39 Å². The van der Waals surface area contributed by atoms with Crippen molar-refractivity contribution in [1.82, 2.24) is 10.2 Å². The van der Waals surface area contributed by atoms with Crippen molar-refractivity contribution in [2.75, 3.05) is 33.3 Å². The molecule has 1 N–H and O–H groups in total. The van der Waals surface area contributed by atoms with E-state index in [1.54, 1.807) is 6.07 Å². The van der Waals surface area contributed by atoms with Crippen molar-refractivity contribution < 1.29 is 9.13 Å². The Morgan fingerprint density at radius 3 is 2.95 bits per heavy atom. The van der Waals surface area contributed by atoms with E-state index in [0.717, 1.165) is 44.6 Å². The predicted octanol–water partition coefficient (Wildman–Crippen LogP) is 2.59. The van der Waals surface area contributed by atoms with Crippen molar-refractivity contribution >= 4 is 0 Å². The summed E-state index contributed by atoms with van der Waals surface area (Å²) in [4.78, 5) is 2.37. The molecule has 0 aliphatic carbocycles. The number of ether oxygens (including phenoxy) is 1. The van der Waals surface area contributed by atoms with Gasteiger partial charge in [0.25, 0.3) is 0 Å². The summed E-state index contributed by atoms with van der Waals surface area (Å²) in [5.74, 6) is -0.134. The van der Waals surface area contributed by atoms with E-state index in [1.807, 2.05) is 26.1 Å². The molecule has 4 heteroatoms. The lowest BCUT2D eigenvalue weighted by atomic mass is 10.0. The van der Waals surface area contributed by atoms with Crippen LogP contribution in [-0.2, 0) is 4.74 Å². The van der Waals surface area contributed by atoms with Gasteiger partial charge in [0, 0.05) is 31.3 Å². The second kappa shape index (κ2) is 7.72. The van der Waals surface area contributed by atoms with Crippen molar-refractivity contribution in [2.24, 2.45) is 0 Å². The summed E-state index contributed by atoms with van der Waals surface area (Å²) in [6.07, 6.45) is 2.61. The van der Waals surface area contributed by atoms with Gasteiger partial charge in [-0.3, -0.25) is 4.90 Å². The maximum absolute atomic E-state index is 13.9. The summed E-state index contributed by atoms with van der Waals surface area (Å²) in [5, 5.41) is 3.23. The minimum absolute atomic E-state index is 0.0246. The number of likely N-dealkylation sites (tertiary alicyclic amines) is 1. The summed E-state index contributed by atoms with van der Waals surface area (Å²) < 4.78 is 19.6. The van der Waals surface area contributed by atoms with Crippen molar-refractivity contribution in [2.45, 2.75) is 31.9 Å². The molecule has 0 bridgehead atoms. The summed E-state index contributed by atoms with van der Waals surface area (Å²) in [6, 6.07) is 7.04. The highest BCUT2D eigenvalue weighted by molar-refractivity contribution is 5.21. The van der Waals surface area contributed by atoms with Crippen molar-refractivity contribution in [3.8, 4) is 0 Å². The van der Waals surface area contributed by atoms with Crippen LogP contribution in [0.15, 0.2) is 24.3 Å². The highest BCUT2D eigenvalue weighted by Crippen LogP contribution is 2.20. The number of likely N-dealkylation sites (N-methyl/N-ethyl adjacent to an activating group) is 1. The molecule has 1 aromatic carbocycles. The van der Waals surface area contributed by atoms with Gasteiger partial charge in [-0.05, 0) is 39.4 Å². The summed E-state index contributed by atoms with van der Waals surface area (Å²) >= 11 is 0. The predicted molar refractivity (Wildman–Crippen MR) is 79.3 cm³/mol. The molecule has 1 aliphatic heterocycles. The average Bonchev–Trinajstić information content (AvgIpc) is 2.46. The van der Waals surface area contributed by atoms with E-state index in [-0.39, 0.29) is 11.9 Å². The summed E-state index contributed by atoms with van der Waals surface area (Å²) in [5.41, 5.74) is 0.744. The quantitative estimate of drug-likeness (QED) is 0.867. The molecule has 0 radical (unpaired) electrons. The Labute approximate surface area is 121 Å². The Kier molecular flexibility index (Phi) is 5.95. The minimum atomic E-state index is -0.134. The smallest absolute Gasteiger partial charge is 0.128 e. The molecule has 1 fully saturated rings. The Balaban J connectivity index is 1.98. The molecule has 0 spiro atoms. The van der Waals surface area contributed by atoms with Gasteiger partial charge in [0.05, 0.1) is 6.10 Å². The fraction of sp³-hybridized carbons (Fsp3) is 0.625. The first kappa shape index (κ1) is 15.4. The Bertz CT molecular complexity index is 411. The lowest BCUT2D eigenvalue weighted by molar-refractivity contribution is 0.00359. The van der Waals surface area contributed by atoms with Gasteiger partial charge in [0.2, 0.25) is 0 Å². The highest BCUT2D eigenvalue weighted by atomic mass is 19.1. The first-order valence-corrected chi connectivity index (χ1v) is 7.50. The number of nitrogens with zero attached hydrogens (tertiary/aromatic N) is 1. The van der Waals surface area contributed by atoms with E-state index >= 15 is 0 Å². The first-order valence-electron chi connectivity index (χ1n) is 7.50. The summed E-state index contributed by atoms with van der Waals surface area (Å²) in [6.45, 7) is 5.63. The van der Waals surface area contributed by atoms with E-state index in [9.17, 15) is 4.39 Å². The standard InChI is InChI=1S/C16H25FN2O/c1-3-20-13-7-6-10-19(11-13)12-16(18-2)14-8-4-5-9-15(14)17/h4-5,8-9,13,16,18H,3,6-7,10-12H2,1-2H3. The lowest BCUT2D eigenvalue weighted by Gasteiger charge is -2.34. The van der Waals surface area contributed by atoms with Gasteiger partial charge >= 0.3 is 0 Å². The van der Waals surface area contributed by atoms with Gasteiger partial charge in [-0.2, -0.15) is 0 Å². The van der Waals surface area contributed by atoms with E-state index < -0.39 is 0 Å². The number of benzene rings is 1. The van der Waals surface area contributed by atoms with Crippen LogP contribution in [0.25, 0.3) is 0 Å². The zero-order valence-electron chi connectivity index (χ0n) is 12.4. The largest absolute Gasteiger partial charge is 0.377 e. The molecule has 1 saturated heterocycles. The third-order valence-electron chi connectivity index (χ3n) is 3.93. The topological polar surface area (TPSA) is 24.5 Å². The van der Waals surface area contributed by atoms with E-state index in [2.05, 4.69) is 10.2 Å². The van der Waals surface area contributed by atoms with E-state index in [0.29, 0.717) is 6.10 Å². The monoisotopic (exact) mass is 280 g/mol. The minimum Gasteiger partial charge on any atom is -0.377 e. The molecule has 1 heterocycles. The van der Waals surface area contributed by atoms with Gasteiger partial charge < -0.3 is 10.1 Å². The number of halogens is 1. The number of rotatable bonds is 6. The molecule has 0 amide bonds. The molecular formula is C16H25FN2O. The van der Waals surface area contributed by atoms with Crippen LogP contribution in [0.2, 0.25) is 0 Å². The average molecular weight is 280 g/mol. The van der Waals surface area contributed by atoms with Crippen molar-refractivity contribution in [3.05, 3.63) is 35.6 Å². The molecular weight excluding hydrogens is 255 g/mol. The van der Waals surface area contributed by atoms with Gasteiger partial charge in [0.1, 0.15) is 5.82 Å². The number of hydrogen-bond acceptors (Lipinski definition) is 3.